The molecule has 0 atom stereocenters. The molecule has 1 aromatic carbocycles. The van der Waals surface area contributed by atoms with Crippen LogP contribution in [0.15, 0.2) is 29.6 Å². The molecule has 0 aliphatic heterocycles. The standard InChI is InChI=1S/C17H24N2S/c1-12(2)10-13-6-8-14(9-7-13)15-11-20-16(18-15)19-17(3,4)5/h6-9,11-12H,10H2,1-5H3,(H,18,19). The fourth-order valence-corrected chi connectivity index (χ4v) is 3.00. The van der Waals surface area contributed by atoms with Crippen LogP contribution < -0.4 is 5.32 Å². The minimum atomic E-state index is 0.0518. The topological polar surface area (TPSA) is 24.9 Å². The lowest BCUT2D eigenvalue weighted by molar-refractivity contribution is 0.633. The summed E-state index contributed by atoms with van der Waals surface area (Å²) in [5.74, 6) is 0.697. The number of benzene rings is 1. The summed E-state index contributed by atoms with van der Waals surface area (Å²) in [6, 6.07) is 8.78. The third kappa shape index (κ3) is 4.34. The van der Waals surface area contributed by atoms with Crippen molar-refractivity contribution in [3.05, 3.63) is 35.2 Å². The van der Waals surface area contributed by atoms with E-state index < -0.39 is 0 Å². The van der Waals surface area contributed by atoms with Crippen molar-refractivity contribution < 1.29 is 0 Å². The maximum Gasteiger partial charge on any atom is 0.183 e. The van der Waals surface area contributed by atoms with E-state index in [0.717, 1.165) is 17.2 Å². The quantitative estimate of drug-likeness (QED) is 0.834. The largest absolute Gasteiger partial charge is 0.357 e. The van der Waals surface area contributed by atoms with Crippen molar-refractivity contribution in [3.63, 3.8) is 0 Å². The number of hydrogen-bond donors (Lipinski definition) is 1. The van der Waals surface area contributed by atoms with Crippen LogP contribution >= 0.6 is 11.3 Å². The Morgan fingerprint density at radius 2 is 1.80 bits per heavy atom. The maximum absolute atomic E-state index is 4.66. The molecule has 2 aromatic rings. The van der Waals surface area contributed by atoms with Crippen LogP contribution in [0.3, 0.4) is 0 Å². The fourth-order valence-electron chi connectivity index (χ4n) is 2.07. The van der Waals surface area contributed by atoms with Crippen LogP contribution in [-0.4, -0.2) is 10.5 Å². The zero-order valence-electron chi connectivity index (χ0n) is 13.0. The van der Waals surface area contributed by atoms with E-state index in [4.69, 9.17) is 0 Å². The molecule has 0 fully saturated rings. The Labute approximate surface area is 126 Å². The van der Waals surface area contributed by atoms with Crippen molar-refractivity contribution >= 4 is 16.5 Å². The summed E-state index contributed by atoms with van der Waals surface area (Å²) in [5, 5.41) is 6.52. The van der Waals surface area contributed by atoms with Crippen LogP contribution in [0.2, 0.25) is 0 Å². The van der Waals surface area contributed by atoms with Crippen LogP contribution in [0.5, 0.6) is 0 Å². The molecule has 0 saturated heterocycles. The smallest absolute Gasteiger partial charge is 0.183 e. The van der Waals surface area contributed by atoms with Gasteiger partial charge in [0.1, 0.15) is 0 Å². The number of aromatic nitrogens is 1. The maximum atomic E-state index is 4.66. The van der Waals surface area contributed by atoms with Crippen molar-refractivity contribution in [2.45, 2.75) is 46.6 Å². The summed E-state index contributed by atoms with van der Waals surface area (Å²) in [6.07, 6.45) is 1.13. The Hall–Kier alpha value is -1.35. The Bertz CT molecular complexity index is 547. The zero-order valence-corrected chi connectivity index (χ0v) is 13.8. The second kappa shape index (κ2) is 5.96. The average molecular weight is 288 g/mol. The van der Waals surface area contributed by atoms with Gasteiger partial charge in [-0.15, -0.1) is 11.3 Å². The second-order valence-electron chi connectivity index (χ2n) is 6.71. The molecule has 0 aliphatic carbocycles. The normalized spacial score (nSPS) is 11.9. The van der Waals surface area contributed by atoms with Crippen LogP contribution in [0.1, 0.15) is 40.2 Å². The summed E-state index contributed by atoms with van der Waals surface area (Å²) < 4.78 is 0. The third-order valence-electron chi connectivity index (χ3n) is 2.88. The number of rotatable bonds is 4. The number of anilines is 1. The molecule has 1 heterocycles. The molecule has 0 amide bonds. The van der Waals surface area contributed by atoms with E-state index in [2.05, 4.69) is 74.6 Å². The van der Waals surface area contributed by atoms with E-state index in [-0.39, 0.29) is 5.54 Å². The number of nitrogens with one attached hydrogen (secondary N) is 1. The first kappa shape index (κ1) is 15.0. The van der Waals surface area contributed by atoms with Gasteiger partial charge in [0, 0.05) is 16.5 Å². The lowest BCUT2D eigenvalue weighted by atomic mass is 10.0. The third-order valence-corrected chi connectivity index (χ3v) is 3.64. The van der Waals surface area contributed by atoms with Gasteiger partial charge in [-0.1, -0.05) is 38.1 Å². The lowest BCUT2D eigenvalue weighted by Crippen LogP contribution is -2.25. The van der Waals surface area contributed by atoms with Crippen LogP contribution in [-0.2, 0) is 6.42 Å². The predicted molar refractivity (Wildman–Crippen MR) is 89.5 cm³/mol. The van der Waals surface area contributed by atoms with E-state index in [1.807, 2.05) is 0 Å². The van der Waals surface area contributed by atoms with E-state index in [1.165, 1.54) is 11.1 Å². The van der Waals surface area contributed by atoms with Gasteiger partial charge in [-0.3, -0.25) is 0 Å². The van der Waals surface area contributed by atoms with Gasteiger partial charge in [-0.25, -0.2) is 4.98 Å². The van der Waals surface area contributed by atoms with Gasteiger partial charge in [0.2, 0.25) is 0 Å². The Kier molecular flexibility index (Phi) is 4.48. The molecule has 0 unspecified atom stereocenters. The molecule has 1 aromatic heterocycles. The highest BCUT2D eigenvalue weighted by molar-refractivity contribution is 7.14. The SMILES string of the molecule is CC(C)Cc1ccc(-c2csc(NC(C)(C)C)n2)cc1. The first-order chi connectivity index (χ1) is 9.33. The van der Waals surface area contributed by atoms with Crippen molar-refractivity contribution in [2.75, 3.05) is 5.32 Å². The van der Waals surface area contributed by atoms with E-state index >= 15 is 0 Å². The number of hydrogen-bond acceptors (Lipinski definition) is 3. The Balaban J connectivity index is 2.12. The monoisotopic (exact) mass is 288 g/mol. The van der Waals surface area contributed by atoms with Crippen molar-refractivity contribution in [1.29, 1.82) is 0 Å². The minimum Gasteiger partial charge on any atom is -0.357 e. The van der Waals surface area contributed by atoms with Gasteiger partial charge in [0.05, 0.1) is 5.69 Å². The van der Waals surface area contributed by atoms with Crippen molar-refractivity contribution in [3.8, 4) is 11.3 Å². The highest BCUT2D eigenvalue weighted by Gasteiger charge is 2.12. The second-order valence-corrected chi connectivity index (χ2v) is 7.57. The average Bonchev–Trinajstić information content (AvgIpc) is 2.75. The molecule has 1 N–H and O–H groups in total. The summed E-state index contributed by atoms with van der Waals surface area (Å²) in [5.41, 5.74) is 3.69. The molecule has 20 heavy (non-hydrogen) atoms. The molecule has 108 valence electrons. The Morgan fingerprint density at radius 1 is 1.15 bits per heavy atom. The summed E-state index contributed by atoms with van der Waals surface area (Å²) >= 11 is 1.66. The predicted octanol–water partition coefficient (Wildman–Crippen LogP) is 5.22. The van der Waals surface area contributed by atoms with Gasteiger partial charge >= 0.3 is 0 Å². The Morgan fingerprint density at radius 3 is 2.35 bits per heavy atom. The van der Waals surface area contributed by atoms with Gasteiger partial charge in [0.25, 0.3) is 0 Å². The molecule has 2 rings (SSSR count). The van der Waals surface area contributed by atoms with Crippen LogP contribution in [0.4, 0.5) is 5.13 Å². The molecule has 0 aliphatic rings. The van der Waals surface area contributed by atoms with Crippen LogP contribution in [0.25, 0.3) is 11.3 Å². The highest BCUT2D eigenvalue weighted by Crippen LogP contribution is 2.27. The van der Waals surface area contributed by atoms with E-state index in [9.17, 15) is 0 Å². The molecule has 3 heteroatoms. The van der Waals surface area contributed by atoms with E-state index in [0.29, 0.717) is 5.92 Å². The van der Waals surface area contributed by atoms with Gasteiger partial charge in [0.15, 0.2) is 5.13 Å². The van der Waals surface area contributed by atoms with E-state index in [1.54, 1.807) is 11.3 Å². The molecular formula is C17H24N2S. The molecule has 0 bridgehead atoms. The fraction of sp³-hybridized carbons (Fsp3) is 0.471. The van der Waals surface area contributed by atoms with Crippen molar-refractivity contribution in [1.82, 2.24) is 4.98 Å². The highest BCUT2D eigenvalue weighted by atomic mass is 32.1. The summed E-state index contributed by atoms with van der Waals surface area (Å²) in [6.45, 7) is 10.9. The molecule has 0 saturated carbocycles. The van der Waals surface area contributed by atoms with Crippen LogP contribution in [0, 0.1) is 5.92 Å². The zero-order chi connectivity index (χ0) is 14.8. The number of nitrogens with zero attached hydrogens (tertiary/aromatic N) is 1. The number of thiazole rings is 1. The van der Waals surface area contributed by atoms with Gasteiger partial charge in [-0.05, 0) is 38.7 Å². The van der Waals surface area contributed by atoms with Gasteiger partial charge < -0.3 is 5.32 Å². The van der Waals surface area contributed by atoms with Crippen molar-refractivity contribution in [2.24, 2.45) is 5.92 Å². The lowest BCUT2D eigenvalue weighted by Gasteiger charge is -2.19. The van der Waals surface area contributed by atoms with Gasteiger partial charge in [-0.2, -0.15) is 0 Å². The minimum absolute atomic E-state index is 0.0518. The first-order valence-electron chi connectivity index (χ1n) is 7.16. The first-order valence-corrected chi connectivity index (χ1v) is 8.04. The molecule has 0 spiro atoms. The summed E-state index contributed by atoms with van der Waals surface area (Å²) in [7, 11) is 0. The molecule has 2 nitrogen and oxygen atoms in total. The molecular weight excluding hydrogens is 264 g/mol. The molecule has 0 radical (unpaired) electrons. The summed E-state index contributed by atoms with van der Waals surface area (Å²) in [4.78, 5) is 4.66.